The van der Waals surface area contributed by atoms with Crippen molar-refractivity contribution in [2.24, 2.45) is 0 Å². The number of furan rings is 1. The van der Waals surface area contributed by atoms with Gasteiger partial charge in [0.15, 0.2) is 6.61 Å². The van der Waals surface area contributed by atoms with Crippen LogP contribution in [0, 0.1) is 22.7 Å². The third kappa shape index (κ3) is 4.18. The Labute approximate surface area is 181 Å². The van der Waals surface area contributed by atoms with Crippen LogP contribution in [0.2, 0.25) is 5.02 Å². The monoisotopic (exact) mass is 428 g/mol. The minimum absolute atomic E-state index is 0.128. The number of H-pyrrole nitrogens is 1. The van der Waals surface area contributed by atoms with Crippen molar-refractivity contribution in [3.05, 3.63) is 76.8 Å². The largest absolute Gasteiger partial charge is 0.457 e. The van der Waals surface area contributed by atoms with Gasteiger partial charge in [-0.2, -0.15) is 10.5 Å². The molecule has 0 aliphatic carbocycles. The molecule has 2 aromatic heterocycles. The maximum atomic E-state index is 12.1. The Hall–Kier alpha value is -4.33. The number of imidazole rings is 1. The number of halogens is 1. The molecule has 0 aliphatic heterocycles. The van der Waals surface area contributed by atoms with Crippen LogP contribution in [0.15, 0.2) is 59.0 Å². The number of fused-ring (bicyclic) bond motifs is 1. The SMILES string of the molecule is N#CCOC(=O)c1cc(-c2ccc(/C=C(/C#N)c3nc4ccccc4[nH]3)o2)ccc1Cl. The number of nitrogens with zero attached hydrogens (tertiary/aromatic N) is 3. The summed E-state index contributed by atoms with van der Waals surface area (Å²) in [5, 5.41) is 18.4. The van der Waals surface area contributed by atoms with Crippen molar-refractivity contribution < 1.29 is 13.9 Å². The van der Waals surface area contributed by atoms with E-state index < -0.39 is 5.97 Å². The van der Waals surface area contributed by atoms with Gasteiger partial charge in [0.25, 0.3) is 0 Å². The number of ether oxygens (including phenoxy) is 1. The summed E-state index contributed by atoms with van der Waals surface area (Å²) < 4.78 is 10.7. The first-order valence-electron chi connectivity index (χ1n) is 9.10. The van der Waals surface area contributed by atoms with Crippen molar-refractivity contribution >= 4 is 40.3 Å². The van der Waals surface area contributed by atoms with E-state index >= 15 is 0 Å². The van der Waals surface area contributed by atoms with Gasteiger partial charge in [-0.15, -0.1) is 0 Å². The maximum absolute atomic E-state index is 12.1. The number of carbonyl (C=O) groups is 1. The Kier molecular flexibility index (Phi) is 5.53. The van der Waals surface area contributed by atoms with Gasteiger partial charge in [-0.1, -0.05) is 23.7 Å². The van der Waals surface area contributed by atoms with Gasteiger partial charge in [0.05, 0.1) is 27.2 Å². The van der Waals surface area contributed by atoms with E-state index in [0.717, 1.165) is 11.0 Å². The highest BCUT2D eigenvalue weighted by molar-refractivity contribution is 6.33. The number of aromatic nitrogens is 2. The van der Waals surface area contributed by atoms with Crippen LogP contribution in [0.5, 0.6) is 0 Å². The third-order valence-electron chi connectivity index (χ3n) is 4.42. The highest BCUT2D eigenvalue weighted by Crippen LogP contribution is 2.29. The Bertz CT molecular complexity index is 1370. The van der Waals surface area contributed by atoms with Gasteiger partial charge in [-0.05, 0) is 42.5 Å². The molecule has 0 atom stereocenters. The fraction of sp³-hybridized carbons (Fsp3) is 0.0435. The third-order valence-corrected chi connectivity index (χ3v) is 4.75. The smallest absolute Gasteiger partial charge is 0.340 e. The van der Waals surface area contributed by atoms with Gasteiger partial charge in [0.1, 0.15) is 29.5 Å². The van der Waals surface area contributed by atoms with Crippen LogP contribution in [0.25, 0.3) is 34.0 Å². The fourth-order valence-electron chi connectivity index (χ4n) is 2.97. The highest BCUT2D eigenvalue weighted by atomic mass is 35.5. The molecule has 0 amide bonds. The van der Waals surface area contributed by atoms with Crippen LogP contribution in [-0.4, -0.2) is 22.5 Å². The zero-order valence-corrected chi connectivity index (χ0v) is 16.7. The molecule has 0 aliphatic rings. The Morgan fingerprint density at radius 1 is 1.19 bits per heavy atom. The summed E-state index contributed by atoms with van der Waals surface area (Å²) in [5.41, 5.74) is 2.62. The molecule has 150 valence electrons. The number of carbonyl (C=O) groups excluding carboxylic acids is 1. The van der Waals surface area contributed by atoms with Crippen molar-refractivity contribution in [1.29, 1.82) is 10.5 Å². The van der Waals surface area contributed by atoms with Crippen LogP contribution in [0.3, 0.4) is 0 Å². The number of nitriles is 2. The first kappa shape index (κ1) is 20.0. The summed E-state index contributed by atoms with van der Waals surface area (Å²) in [6, 6.07) is 19.6. The van der Waals surface area contributed by atoms with E-state index in [2.05, 4.69) is 16.0 Å². The van der Waals surface area contributed by atoms with E-state index in [1.54, 1.807) is 36.4 Å². The topological polar surface area (TPSA) is 116 Å². The average Bonchev–Trinajstić information content (AvgIpc) is 3.43. The number of aromatic amines is 1. The average molecular weight is 429 g/mol. The van der Waals surface area contributed by atoms with Crippen molar-refractivity contribution in [2.45, 2.75) is 0 Å². The van der Waals surface area contributed by atoms with Gasteiger partial charge in [-0.3, -0.25) is 0 Å². The minimum atomic E-state index is -0.697. The molecule has 31 heavy (non-hydrogen) atoms. The Morgan fingerprint density at radius 3 is 2.81 bits per heavy atom. The molecule has 1 N–H and O–H groups in total. The Balaban J connectivity index is 1.64. The lowest BCUT2D eigenvalue weighted by atomic mass is 10.1. The molecule has 0 fully saturated rings. The summed E-state index contributed by atoms with van der Waals surface area (Å²) in [6.07, 6.45) is 1.58. The summed E-state index contributed by atoms with van der Waals surface area (Å²) in [6.45, 7) is -0.367. The number of benzene rings is 2. The van der Waals surface area contributed by atoms with E-state index in [-0.39, 0.29) is 17.2 Å². The number of hydrogen-bond acceptors (Lipinski definition) is 6. The number of nitrogens with one attached hydrogen (secondary N) is 1. The van der Waals surface area contributed by atoms with E-state index in [1.165, 1.54) is 6.07 Å². The number of esters is 1. The zero-order chi connectivity index (χ0) is 21.8. The predicted molar refractivity (Wildman–Crippen MR) is 115 cm³/mol. The molecule has 4 rings (SSSR count). The molecular weight excluding hydrogens is 416 g/mol. The number of hydrogen-bond donors (Lipinski definition) is 1. The molecule has 0 saturated carbocycles. The van der Waals surface area contributed by atoms with Crippen molar-refractivity contribution in [1.82, 2.24) is 9.97 Å². The molecule has 7 nitrogen and oxygen atoms in total. The van der Waals surface area contributed by atoms with Gasteiger partial charge >= 0.3 is 5.97 Å². The van der Waals surface area contributed by atoms with E-state index in [4.69, 9.17) is 26.0 Å². The highest BCUT2D eigenvalue weighted by Gasteiger charge is 2.15. The first-order chi connectivity index (χ1) is 15.1. The standard InChI is InChI=1S/C23H13ClN4O3/c24-18-7-5-14(12-17(18)23(29)30-10-9-25)21-8-6-16(31-21)11-15(13-26)22-27-19-3-1-2-4-20(19)28-22/h1-8,11-12H,10H2,(H,27,28)/b15-11-. The zero-order valence-electron chi connectivity index (χ0n) is 15.9. The quantitative estimate of drug-likeness (QED) is 0.344. The second-order valence-corrected chi connectivity index (χ2v) is 6.81. The van der Waals surface area contributed by atoms with E-state index in [9.17, 15) is 10.1 Å². The van der Waals surface area contributed by atoms with E-state index in [0.29, 0.717) is 28.5 Å². The van der Waals surface area contributed by atoms with Crippen molar-refractivity contribution in [2.75, 3.05) is 6.61 Å². The van der Waals surface area contributed by atoms with E-state index in [1.807, 2.05) is 24.3 Å². The molecule has 0 unspecified atom stereocenters. The fourth-order valence-corrected chi connectivity index (χ4v) is 3.17. The molecule has 0 bridgehead atoms. The molecule has 4 aromatic rings. The second kappa shape index (κ2) is 8.58. The second-order valence-electron chi connectivity index (χ2n) is 6.40. The van der Waals surface area contributed by atoms with Crippen molar-refractivity contribution in [3.8, 4) is 23.5 Å². The first-order valence-corrected chi connectivity index (χ1v) is 9.47. The predicted octanol–water partition coefficient (Wildman–Crippen LogP) is 5.22. The van der Waals surface area contributed by atoms with Crippen LogP contribution < -0.4 is 0 Å². The van der Waals surface area contributed by atoms with Gasteiger partial charge < -0.3 is 14.1 Å². The summed E-state index contributed by atoms with van der Waals surface area (Å²) >= 11 is 6.08. The summed E-state index contributed by atoms with van der Waals surface area (Å²) in [4.78, 5) is 19.6. The normalized spacial score (nSPS) is 11.1. The molecule has 0 radical (unpaired) electrons. The Morgan fingerprint density at radius 2 is 2.03 bits per heavy atom. The molecule has 2 heterocycles. The lowest BCUT2D eigenvalue weighted by Crippen LogP contribution is -2.06. The van der Waals surface area contributed by atoms with Crippen LogP contribution in [-0.2, 0) is 4.74 Å². The van der Waals surface area contributed by atoms with Gasteiger partial charge in [0, 0.05) is 11.6 Å². The van der Waals surface area contributed by atoms with Crippen molar-refractivity contribution in [3.63, 3.8) is 0 Å². The summed E-state index contributed by atoms with van der Waals surface area (Å²) in [5.74, 6) is 0.655. The molecule has 8 heteroatoms. The number of allylic oxidation sites excluding steroid dienone is 1. The number of rotatable bonds is 5. The molecule has 0 saturated heterocycles. The summed E-state index contributed by atoms with van der Waals surface area (Å²) in [7, 11) is 0. The van der Waals surface area contributed by atoms with Crippen LogP contribution in [0.1, 0.15) is 21.9 Å². The van der Waals surface area contributed by atoms with Crippen LogP contribution in [0.4, 0.5) is 0 Å². The minimum Gasteiger partial charge on any atom is -0.457 e. The molecule has 0 spiro atoms. The molecule has 2 aromatic carbocycles. The molecular formula is C23H13ClN4O3. The van der Waals surface area contributed by atoms with Crippen LogP contribution >= 0.6 is 11.6 Å². The van der Waals surface area contributed by atoms with Gasteiger partial charge in [0.2, 0.25) is 0 Å². The maximum Gasteiger partial charge on any atom is 0.340 e. The van der Waals surface area contributed by atoms with Gasteiger partial charge in [-0.25, -0.2) is 9.78 Å². The lowest BCUT2D eigenvalue weighted by Gasteiger charge is -2.05. The number of para-hydroxylation sites is 2. The lowest BCUT2D eigenvalue weighted by molar-refractivity contribution is 0.0555.